The maximum atomic E-state index is 6.21. The maximum Gasteiger partial charge on any atom is 0.105 e. The molecule has 0 heterocycles. The Hall–Kier alpha value is -0.360. The molecule has 0 aromatic carbocycles. The number of amidine groups is 2. The molecule has 36 heavy (non-hydrogen) atoms. The second-order valence-corrected chi connectivity index (χ2v) is 16.8. The van der Waals surface area contributed by atoms with Crippen molar-refractivity contribution in [2.24, 2.45) is 67.8 Å². The minimum atomic E-state index is 0.676. The van der Waals surface area contributed by atoms with Crippen molar-refractivity contribution in [3.63, 3.8) is 0 Å². The van der Waals surface area contributed by atoms with Gasteiger partial charge in [-0.25, -0.2) is 0 Å². The molecule has 8 aliphatic rings. The minimum Gasteiger partial charge on any atom is -0.387 e. The summed E-state index contributed by atoms with van der Waals surface area (Å²) in [5.41, 5.74) is 13.8. The summed E-state index contributed by atoms with van der Waals surface area (Å²) >= 11 is 0. The first-order valence-corrected chi connectivity index (χ1v) is 17.8. The second kappa shape index (κ2) is 11.0. The van der Waals surface area contributed by atoms with E-state index in [1.54, 1.807) is 21.6 Å². The molecule has 0 saturated heterocycles. The SMILES string of the molecule is NC(CSSCC(N)=NCCCC12CC3CC(CC(C3)C1)C2)=NCCCC12CC3CC(CC(C3)C1)C2. The molecule has 8 saturated carbocycles. The zero-order chi connectivity index (χ0) is 24.6. The first kappa shape index (κ1) is 25.9. The van der Waals surface area contributed by atoms with Gasteiger partial charge in [-0.2, -0.15) is 0 Å². The summed E-state index contributed by atoms with van der Waals surface area (Å²) in [6, 6.07) is 0. The lowest BCUT2D eigenvalue weighted by molar-refractivity contribution is -0.0578. The van der Waals surface area contributed by atoms with E-state index in [4.69, 9.17) is 21.5 Å². The Labute approximate surface area is 227 Å². The summed E-state index contributed by atoms with van der Waals surface area (Å²) in [4.78, 5) is 9.39. The predicted octanol–water partition coefficient (Wildman–Crippen LogP) is 7.08. The molecular weight excluding hydrogens is 480 g/mol. The topological polar surface area (TPSA) is 76.8 Å². The highest BCUT2D eigenvalue weighted by Crippen LogP contribution is 2.62. The Morgan fingerprint density at radius 2 is 0.861 bits per heavy atom. The fraction of sp³-hybridized carbons (Fsp3) is 0.933. The fourth-order valence-electron chi connectivity index (χ4n) is 10.8. The van der Waals surface area contributed by atoms with Crippen molar-refractivity contribution in [3.8, 4) is 0 Å². The Morgan fingerprint density at radius 1 is 0.556 bits per heavy atom. The van der Waals surface area contributed by atoms with Crippen molar-refractivity contribution < 1.29 is 0 Å². The molecule has 0 aromatic rings. The van der Waals surface area contributed by atoms with Crippen molar-refractivity contribution in [2.45, 2.75) is 103 Å². The second-order valence-electron chi connectivity index (χ2n) is 14.3. The van der Waals surface area contributed by atoms with Crippen LogP contribution in [-0.2, 0) is 0 Å². The average molecular weight is 531 g/mol. The van der Waals surface area contributed by atoms with Gasteiger partial charge in [0.2, 0.25) is 0 Å². The smallest absolute Gasteiger partial charge is 0.105 e. The zero-order valence-corrected chi connectivity index (χ0v) is 24.1. The Kier molecular flexibility index (Phi) is 7.93. The largest absolute Gasteiger partial charge is 0.387 e. The normalized spacial score (nSPS) is 43.0. The van der Waals surface area contributed by atoms with Gasteiger partial charge in [-0.3, -0.25) is 9.98 Å². The molecule has 0 radical (unpaired) electrons. The number of rotatable bonds is 13. The molecule has 0 unspecified atom stereocenters. The average Bonchev–Trinajstić information content (AvgIpc) is 2.81. The first-order valence-electron chi connectivity index (χ1n) is 15.3. The van der Waals surface area contributed by atoms with E-state index >= 15 is 0 Å². The standard InChI is InChI=1S/C30H50N4S2/c31-27(33-5-1-3-29-13-21-7-22(14-29)9-23(8-21)15-29)19-35-36-20-28(32)34-6-2-4-30-16-24-10-25(17-30)12-26(11-24)18-30/h21-26H,1-20H2,(H2,31,33)(H2,32,34). The molecule has 0 amide bonds. The molecule has 0 spiro atoms. The van der Waals surface area contributed by atoms with E-state index in [0.717, 1.165) is 71.8 Å². The summed E-state index contributed by atoms with van der Waals surface area (Å²) in [6.07, 6.45) is 23.5. The lowest BCUT2D eigenvalue weighted by atomic mass is 9.48. The van der Waals surface area contributed by atoms with Crippen LogP contribution in [0.1, 0.15) is 103 Å². The van der Waals surface area contributed by atoms with Crippen LogP contribution >= 0.6 is 21.6 Å². The summed E-state index contributed by atoms with van der Waals surface area (Å²) in [7, 11) is 3.55. The third-order valence-corrected chi connectivity index (χ3v) is 13.4. The molecule has 0 aliphatic heterocycles. The van der Waals surface area contributed by atoms with Crippen LogP contribution < -0.4 is 11.5 Å². The van der Waals surface area contributed by atoms with Gasteiger partial charge in [0.05, 0.1) is 11.5 Å². The van der Waals surface area contributed by atoms with Crippen molar-refractivity contribution in [1.82, 2.24) is 0 Å². The Balaban J connectivity index is 0.823. The maximum absolute atomic E-state index is 6.21. The molecule has 4 N–H and O–H groups in total. The van der Waals surface area contributed by atoms with E-state index in [0.29, 0.717) is 10.8 Å². The third kappa shape index (κ3) is 6.10. The number of hydrogen-bond acceptors (Lipinski definition) is 4. The highest BCUT2D eigenvalue weighted by atomic mass is 33.1. The van der Waals surface area contributed by atoms with Crippen molar-refractivity contribution in [3.05, 3.63) is 0 Å². The number of hydrogen-bond donors (Lipinski definition) is 2. The number of nitrogens with zero attached hydrogens (tertiary/aromatic N) is 2. The molecular formula is C30H50N4S2. The highest BCUT2D eigenvalue weighted by Gasteiger charge is 2.51. The molecule has 8 bridgehead atoms. The van der Waals surface area contributed by atoms with E-state index in [9.17, 15) is 0 Å². The molecule has 6 heteroatoms. The van der Waals surface area contributed by atoms with Gasteiger partial charge >= 0.3 is 0 Å². The fourth-order valence-corrected chi connectivity index (χ4v) is 12.7. The van der Waals surface area contributed by atoms with E-state index in [1.807, 2.05) is 0 Å². The number of aliphatic imine (C=N–C) groups is 2. The van der Waals surface area contributed by atoms with Gasteiger partial charge < -0.3 is 11.5 Å². The van der Waals surface area contributed by atoms with Crippen LogP contribution in [0.5, 0.6) is 0 Å². The summed E-state index contributed by atoms with van der Waals surface area (Å²) < 4.78 is 0. The van der Waals surface area contributed by atoms with Gasteiger partial charge in [-0.1, -0.05) is 21.6 Å². The Morgan fingerprint density at radius 3 is 1.17 bits per heavy atom. The molecule has 0 atom stereocenters. The molecule has 202 valence electrons. The monoisotopic (exact) mass is 530 g/mol. The van der Waals surface area contributed by atoms with Gasteiger partial charge in [-0.15, -0.1) is 0 Å². The van der Waals surface area contributed by atoms with Gasteiger partial charge in [0.15, 0.2) is 0 Å². The number of nitrogens with two attached hydrogens (primary N) is 2. The van der Waals surface area contributed by atoms with Crippen molar-refractivity contribution in [2.75, 3.05) is 24.6 Å². The van der Waals surface area contributed by atoms with E-state index in [1.165, 1.54) is 103 Å². The lowest BCUT2D eigenvalue weighted by Gasteiger charge is -2.57. The van der Waals surface area contributed by atoms with E-state index < -0.39 is 0 Å². The van der Waals surface area contributed by atoms with E-state index in [-0.39, 0.29) is 0 Å². The molecule has 0 aromatic heterocycles. The van der Waals surface area contributed by atoms with Crippen LogP contribution in [-0.4, -0.2) is 36.3 Å². The van der Waals surface area contributed by atoms with Gasteiger partial charge in [0.1, 0.15) is 11.7 Å². The van der Waals surface area contributed by atoms with Crippen LogP contribution in [0, 0.1) is 46.3 Å². The lowest BCUT2D eigenvalue weighted by Crippen LogP contribution is -2.46. The van der Waals surface area contributed by atoms with Crippen LogP contribution in [0.25, 0.3) is 0 Å². The van der Waals surface area contributed by atoms with Crippen molar-refractivity contribution in [1.29, 1.82) is 0 Å². The summed E-state index contributed by atoms with van der Waals surface area (Å²) in [5.74, 6) is 9.49. The van der Waals surface area contributed by atoms with Crippen LogP contribution in [0.3, 0.4) is 0 Å². The highest BCUT2D eigenvalue weighted by molar-refractivity contribution is 8.77. The quantitative estimate of drug-likeness (QED) is 0.115. The van der Waals surface area contributed by atoms with E-state index in [2.05, 4.69) is 0 Å². The molecule has 8 aliphatic carbocycles. The molecule has 4 nitrogen and oxygen atoms in total. The summed E-state index contributed by atoms with van der Waals surface area (Å²) in [6.45, 7) is 1.82. The predicted molar refractivity (Wildman–Crippen MR) is 158 cm³/mol. The third-order valence-electron chi connectivity index (χ3n) is 11.2. The van der Waals surface area contributed by atoms with Gasteiger partial charge in [0.25, 0.3) is 0 Å². The minimum absolute atomic E-state index is 0.676. The van der Waals surface area contributed by atoms with Crippen molar-refractivity contribution >= 4 is 33.3 Å². The molecule has 8 rings (SSSR count). The molecule has 8 fully saturated rings. The van der Waals surface area contributed by atoms with Crippen LogP contribution in [0.4, 0.5) is 0 Å². The zero-order valence-electron chi connectivity index (χ0n) is 22.5. The van der Waals surface area contributed by atoms with Gasteiger partial charge in [-0.05, 0) is 149 Å². The van der Waals surface area contributed by atoms with Gasteiger partial charge in [0, 0.05) is 13.1 Å². The Bertz CT molecular complexity index is 698. The van der Waals surface area contributed by atoms with Crippen LogP contribution in [0.2, 0.25) is 0 Å². The first-order chi connectivity index (χ1) is 17.5. The summed E-state index contributed by atoms with van der Waals surface area (Å²) in [5, 5.41) is 0. The van der Waals surface area contributed by atoms with Crippen LogP contribution in [0.15, 0.2) is 9.98 Å².